The predicted molar refractivity (Wildman–Crippen MR) is 84.4 cm³/mol. The molecular weight excluding hydrogens is 320 g/mol. The summed E-state index contributed by atoms with van der Waals surface area (Å²) in [5, 5.41) is 0.694. The molecule has 0 spiro atoms. The summed E-state index contributed by atoms with van der Waals surface area (Å²) < 4.78 is 12.5. The molecule has 1 aliphatic rings. The molecule has 0 amide bonds. The standard InChI is InChI=1S/C15H15ClN4O3/c1-4-15(13(21)22-3)8(2)7-10(23-15)20-6-5-9-11(17)18-14(16)19-12(9)20/h1,5-6,8,10H,7H2,2-3H3,(H2,17,18,19)/t8-,10+,15-/m0/s1. The Balaban J connectivity index is 2.05. The van der Waals surface area contributed by atoms with Crippen molar-refractivity contribution in [1.29, 1.82) is 0 Å². The van der Waals surface area contributed by atoms with Crippen LogP contribution in [0.25, 0.3) is 11.0 Å². The predicted octanol–water partition coefficient (Wildman–Crippen LogP) is 1.77. The Hall–Kier alpha value is -2.30. The summed E-state index contributed by atoms with van der Waals surface area (Å²) in [4.78, 5) is 20.2. The molecule has 0 saturated carbocycles. The Labute approximate surface area is 137 Å². The lowest BCUT2D eigenvalue weighted by molar-refractivity contribution is -0.165. The van der Waals surface area contributed by atoms with E-state index in [1.807, 2.05) is 6.92 Å². The van der Waals surface area contributed by atoms with Crippen LogP contribution >= 0.6 is 11.6 Å². The monoisotopic (exact) mass is 334 g/mol. The van der Waals surface area contributed by atoms with Crippen molar-refractivity contribution in [1.82, 2.24) is 14.5 Å². The van der Waals surface area contributed by atoms with E-state index >= 15 is 0 Å². The van der Waals surface area contributed by atoms with Gasteiger partial charge in [0.1, 0.15) is 17.7 Å². The molecule has 1 aliphatic heterocycles. The lowest BCUT2D eigenvalue weighted by atomic mass is 9.89. The third-order valence-electron chi connectivity index (χ3n) is 4.16. The highest BCUT2D eigenvalue weighted by molar-refractivity contribution is 6.28. The summed E-state index contributed by atoms with van der Waals surface area (Å²) >= 11 is 5.88. The number of halogens is 1. The van der Waals surface area contributed by atoms with E-state index in [1.165, 1.54) is 7.11 Å². The third kappa shape index (κ3) is 2.22. The summed E-state index contributed by atoms with van der Waals surface area (Å²) in [6, 6.07) is 1.77. The van der Waals surface area contributed by atoms with Crippen molar-refractivity contribution in [2.45, 2.75) is 25.2 Å². The summed E-state index contributed by atoms with van der Waals surface area (Å²) in [5.41, 5.74) is 4.96. The molecule has 3 atom stereocenters. The molecule has 0 aromatic carbocycles. The number of methoxy groups -OCH3 is 1. The van der Waals surface area contributed by atoms with Gasteiger partial charge in [0.15, 0.2) is 0 Å². The third-order valence-corrected chi connectivity index (χ3v) is 4.33. The van der Waals surface area contributed by atoms with Gasteiger partial charge in [-0.2, -0.15) is 4.98 Å². The zero-order valence-electron chi connectivity index (χ0n) is 12.6. The van der Waals surface area contributed by atoms with Crippen molar-refractivity contribution in [3.63, 3.8) is 0 Å². The highest BCUT2D eigenvalue weighted by Crippen LogP contribution is 2.43. The number of hydrogen-bond donors (Lipinski definition) is 1. The van der Waals surface area contributed by atoms with E-state index in [0.717, 1.165) is 0 Å². The lowest BCUT2D eigenvalue weighted by Crippen LogP contribution is -2.42. The molecule has 1 saturated heterocycles. The van der Waals surface area contributed by atoms with Crippen LogP contribution in [0.15, 0.2) is 12.3 Å². The zero-order chi connectivity index (χ0) is 16.8. The Morgan fingerprint density at radius 3 is 3.04 bits per heavy atom. The lowest BCUT2D eigenvalue weighted by Gasteiger charge is -2.24. The van der Waals surface area contributed by atoms with Crippen molar-refractivity contribution in [2.75, 3.05) is 12.8 Å². The first-order valence-corrected chi connectivity index (χ1v) is 7.34. The average molecular weight is 335 g/mol. The van der Waals surface area contributed by atoms with Crippen LogP contribution < -0.4 is 5.73 Å². The van der Waals surface area contributed by atoms with Gasteiger partial charge >= 0.3 is 5.97 Å². The van der Waals surface area contributed by atoms with Gasteiger partial charge in [0, 0.05) is 12.1 Å². The molecular formula is C15H15ClN4O3. The number of carbonyl (C=O) groups excluding carboxylic acids is 1. The molecule has 0 unspecified atom stereocenters. The van der Waals surface area contributed by atoms with Crippen molar-refractivity contribution in [2.24, 2.45) is 5.92 Å². The van der Waals surface area contributed by atoms with Crippen molar-refractivity contribution < 1.29 is 14.3 Å². The van der Waals surface area contributed by atoms with Crippen LogP contribution in [-0.2, 0) is 14.3 Å². The van der Waals surface area contributed by atoms with Gasteiger partial charge in [-0.25, -0.2) is 9.78 Å². The number of carbonyl (C=O) groups is 1. The highest BCUT2D eigenvalue weighted by Gasteiger charge is 2.53. The number of aromatic nitrogens is 3. The second-order valence-corrected chi connectivity index (χ2v) is 5.76. The number of ether oxygens (including phenoxy) is 2. The maximum Gasteiger partial charge on any atom is 0.351 e. The quantitative estimate of drug-likeness (QED) is 0.511. The Morgan fingerprint density at radius 2 is 2.39 bits per heavy atom. The number of nitrogen functional groups attached to an aromatic ring is 1. The van der Waals surface area contributed by atoms with Gasteiger partial charge < -0.3 is 19.8 Å². The van der Waals surface area contributed by atoms with Crippen LogP contribution in [0, 0.1) is 18.3 Å². The minimum atomic E-state index is -1.42. The topological polar surface area (TPSA) is 92.3 Å². The van der Waals surface area contributed by atoms with Gasteiger partial charge in [0.2, 0.25) is 10.9 Å². The van der Waals surface area contributed by atoms with Crippen LogP contribution in [0.3, 0.4) is 0 Å². The van der Waals surface area contributed by atoms with Gasteiger partial charge in [-0.05, 0) is 24.1 Å². The first-order chi connectivity index (χ1) is 10.9. The molecule has 0 radical (unpaired) electrons. The van der Waals surface area contributed by atoms with Crippen molar-refractivity contribution in [3.05, 3.63) is 17.5 Å². The molecule has 2 aromatic heterocycles. The molecule has 2 aromatic rings. The van der Waals surface area contributed by atoms with Gasteiger partial charge in [-0.3, -0.25) is 0 Å². The van der Waals surface area contributed by atoms with Crippen LogP contribution in [0.2, 0.25) is 5.28 Å². The Bertz CT molecular complexity index is 828. The SMILES string of the molecule is C#C[C@]1(C(=O)OC)O[C@@H](n2ccc3c(N)nc(Cl)nc32)C[C@@H]1C. The van der Waals surface area contributed by atoms with Crippen LogP contribution in [0.5, 0.6) is 0 Å². The smallest absolute Gasteiger partial charge is 0.351 e. The normalized spacial score (nSPS) is 27.0. The van der Waals surface area contributed by atoms with E-state index in [0.29, 0.717) is 17.5 Å². The number of fused-ring (bicyclic) bond motifs is 1. The fourth-order valence-corrected chi connectivity index (χ4v) is 3.09. The second kappa shape index (κ2) is 5.41. The first kappa shape index (κ1) is 15.6. The minimum Gasteiger partial charge on any atom is -0.466 e. The van der Waals surface area contributed by atoms with Crippen LogP contribution in [0.4, 0.5) is 5.82 Å². The van der Waals surface area contributed by atoms with E-state index in [9.17, 15) is 4.79 Å². The molecule has 3 rings (SSSR count). The maximum absolute atomic E-state index is 12.1. The highest BCUT2D eigenvalue weighted by atomic mass is 35.5. The average Bonchev–Trinajstić information content (AvgIpc) is 3.08. The van der Waals surface area contributed by atoms with Gasteiger partial charge in [0.25, 0.3) is 0 Å². The van der Waals surface area contributed by atoms with E-state index in [4.69, 9.17) is 33.2 Å². The van der Waals surface area contributed by atoms with Crippen molar-refractivity contribution in [3.8, 4) is 12.3 Å². The minimum absolute atomic E-state index is 0.0391. The number of rotatable bonds is 2. The summed E-state index contributed by atoms with van der Waals surface area (Å²) in [6.45, 7) is 1.85. The summed E-state index contributed by atoms with van der Waals surface area (Å²) in [5.74, 6) is 1.92. The molecule has 7 nitrogen and oxygen atoms in total. The number of terminal acetylenes is 1. The van der Waals surface area contributed by atoms with Crippen molar-refractivity contribution >= 4 is 34.4 Å². The first-order valence-electron chi connectivity index (χ1n) is 6.96. The van der Waals surface area contributed by atoms with Crippen LogP contribution in [0.1, 0.15) is 19.6 Å². The molecule has 3 heterocycles. The van der Waals surface area contributed by atoms with Gasteiger partial charge in [0.05, 0.1) is 12.5 Å². The molecule has 1 fully saturated rings. The van der Waals surface area contributed by atoms with E-state index in [2.05, 4.69) is 15.9 Å². The number of esters is 1. The molecule has 2 N–H and O–H groups in total. The molecule has 0 aliphatic carbocycles. The molecule has 23 heavy (non-hydrogen) atoms. The summed E-state index contributed by atoms with van der Waals surface area (Å²) in [6.07, 6.45) is 7.35. The Kier molecular flexibility index (Phi) is 3.66. The largest absolute Gasteiger partial charge is 0.466 e. The number of nitrogens with zero attached hydrogens (tertiary/aromatic N) is 3. The van der Waals surface area contributed by atoms with Crippen LogP contribution in [-0.4, -0.2) is 33.2 Å². The van der Waals surface area contributed by atoms with Gasteiger partial charge in [-0.15, -0.1) is 6.42 Å². The summed E-state index contributed by atoms with van der Waals surface area (Å²) in [7, 11) is 1.28. The van der Waals surface area contributed by atoms with E-state index < -0.39 is 17.8 Å². The Morgan fingerprint density at radius 1 is 1.65 bits per heavy atom. The fourth-order valence-electron chi connectivity index (χ4n) is 2.92. The maximum atomic E-state index is 12.1. The number of nitrogens with two attached hydrogens (primary N) is 1. The number of anilines is 1. The fraction of sp³-hybridized carbons (Fsp3) is 0.400. The van der Waals surface area contributed by atoms with Gasteiger partial charge in [-0.1, -0.05) is 12.8 Å². The molecule has 8 heteroatoms. The molecule has 120 valence electrons. The number of hydrogen-bond acceptors (Lipinski definition) is 6. The zero-order valence-corrected chi connectivity index (χ0v) is 13.4. The van der Waals surface area contributed by atoms with E-state index in [1.54, 1.807) is 16.8 Å². The second-order valence-electron chi connectivity index (χ2n) is 5.42. The van der Waals surface area contributed by atoms with E-state index in [-0.39, 0.29) is 17.0 Å². The molecule has 0 bridgehead atoms.